The maximum atomic E-state index is 12.6. The maximum absolute atomic E-state index is 12.6. The molecule has 6 heteroatoms. The first-order valence-electron chi connectivity index (χ1n) is 4.18. The lowest BCUT2D eigenvalue weighted by molar-refractivity contribution is 0.176. The third-order valence-electron chi connectivity index (χ3n) is 1.98. The normalized spacial score (nSPS) is 13.9. The van der Waals surface area contributed by atoms with Crippen LogP contribution in [-0.4, -0.2) is 19.3 Å². The fourth-order valence-corrected chi connectivity index (χ4v) is 2.18. The summed E-state index contributed by atoms with van der Waals surface area (Å²) in [4.78, 5) is 0. The van der Waals surface area contributed by atoms with Gasteiger partial charge in [0.15, 0.2) is 5.85 Å². The van der Waals surface area contributed by atoms with Gasteiger partial charge in [-0.2, -0.15) is 0 Å². The van der Waals surface area contributed by atoms with Crippen LogP contribution >= 0.6 is 7.60 Å². The van der Waals surface area contributed by atoms with Crippen molar-refractivity contribution >= 4 is 7.60 Å². The van der Waals surface area contributed by atoms with Crippen LogP contribution in [0.2, 0.25) is 0 Å². The minimum atomic E-state index is -3.58. The molecule has 0 aromatic heterocycles. The summed E-state index contributed by atoms with van der Waals surface area (Å²) < 4.78 is 33.6. The monoisotopic (exact) mass is 234 g/mol. The molecule has 84 valence electrons. The van der Waals surface area contributed by atoms with Crippen LogP contribution < -0.4 is 0 Å². The van der Waals surface area contributed by atoms with Gasteiger partial charge in [0, 0.05) is 14.2 Å². The lowest BCUT2D eigenvalue weighted by atomic mass is 10.2. The molecule has 0 heterocycles. The molecule has 1 rings (SSSR count). The molecule has 0 saturated carbocycles. The highest BCUT2D eigenvalue weighted by Crippen LogP contribution is 2.58. The molecule has 15 heavy (non-hydrogen) atoms. The number of rotatable bonds is 4. The van der Waals surface area contributed by atoms with E-state index in [0.29, 0.717) is 0 Å². The number of aliphatic hydroxyl groups excluding tert-OH is 1. The second-order valence-electron chi connectivity index (χ2n) is 2.83. The van der Waals surface area contributed by atoms with Crippen LogP contribution in [0.3, 0.4) is 0 Å². The largest absolute Gasteiger partial charge is 0.376 e. The molecule has 1 atom stereocenters. The number of benzene rings is 1. The first-order valence-corrected chi connectivity index (χ1v) is 5.79. The summed E-state index contributed by atoms with van der Waals surface area (Å²) in [6.45, 7) is 0. The van der Waals surface area contributed by atoms with E-state index < -0.39 is 19.3 Å². The number of hydrogen-bond donors (Lipinski definition) is 1. The Labute approximate surface area is 87.2 Å². The van der Waals surface area contributed by atoms with Gasteiger partial charge in [0.25, 0.3) is 0 Å². The lowest BCUT2D eigenvalue weighted by Gasteiger charge is -2.19. The Hall–Kier alpha value is -0.740. The molecule has 0 spiro atoms. The van der Waals surface area contributed by atoms with E-state index in [1.54, 1.807) is 0 Å². The van der Waals surface area contributed by atoms with Crippen LogP contribution in [-0.2, 0) is 13.6 Å². The topological polar surface area (TPSA) is 55.8 Å². The Morgan fingerprint density at radius 2 is 1.73 bits per heavy atom. The van der Waals surface area contributed by atoms with Crippen molar-refractivity contribution in [1.82, 2.24) is 0 Å². The Balaban J connectivity index is 2.98. The van der Waals surface area contributed by atoms with Gasteiger partial charge in [-0.05, 0) is 17.7 Å². The summed E-state index contributed by atoms with van der Waals surface area (Å²) in [6, 6.07) is 4.97. The molecule has 0 fully saturated rings. The highest BCUT2D eigenvalue weighted by atomic mass is 31.2. The van der Waals surface area contributed by atoms with Crippen molar-refractivity contribution in [3.8, 4) is 0 Å². The molecule has 0 aliphatic heterocycles. The smallest absolute Gasteiger partial charge is 0.362 e. The zero-order chi connectivity index (χ0) is 11.5. The van der Waals surface area contributed by atoms with E-state index in [4.69, 9.17) is 0 Å². The van der Waals surface area contributed by atoms with Gasteiger partial charge >= 0.3 is 7.60 Å². The summed E-state index contributed by atoms with van der Waals surface area (Å²) in [5.41, 5.74) is 0.281. The fraction of sp³-hybridized carbons (Fsp3) is 0.333. The molecule has 0 saturated heterocycles. The van der Waals surface area contributed by atoms with Crippen LogP contribution in [0.4, 0.5) is 4.39 Å². The first-order chi connectivity index (χ1) is 7.03. The summed E-state index contributed by atoms with van der Waals surface area (Å²) in [6.07, 6.45) is 0. The van der Waals surface area contributed by atoms with E-state index in [-0.39, 0.29) is 5.56 Å². The van der Waals surface area contributed by atoms with Crippen LogP contribution in [0.5, 0.6) is 0 Å². The van der Waals surface area contributed by atoms with E-state index >= 15 is 0 Å². The molecule has 1 aromatic rings. The van der Waals surface area contributed by atoms with Gasteiger partial charge in [-0.25, -0.2) is 4.39 Å². The van der Waals surface area contributed by atoms with Crippen molar-refractivity contribution in [2.24, 2.45) is 0 Å². The van der Waals surface area contributed by atoms with E-state index in [0.717, 1.165) is 12.1 Å². The fourth-order valence-electron chi connectivity index (χ4n) is 1.09. The molecule has 4 nitrogen and oxygen atoms in total. The third-order valence-corrected chi connectivity index (χ3v) is 3.89. The van der Waals surface area contributed by atoms with Crippen LogP contribution in [0.15, 0.2) is 24.3 Å². The van der Waals surface area contributed by atoms with E-state index in [1.165, 1.54) is 26.4 Å². The van der Waals surface area contributed by atoms with Crippen LogP contribution in [0.1, 0.15) is 11.4 Å². The second kappa shape index (κ2) is 4.86. The van der Waals surface area contributed by atoms with Crippen LogP contribution in [0.25, 0.3) is 0 Å². The van der Waals surface area contributed by atoms with Crippen molar-refractivity contribution < 1.29 is 23.1 Å². The highest BCUT2D eigenvalue weighted by molar-refractivity contribution is 7.53. The van der Waals surface area contributed by atoms with Crippen molar-refractivity contribution in [2.45, 2.75) is 5.85 Å². The first kappa shape index (κ1) is 12.3. The van der Waals surface area contributed by atoms with Crippen molar-refractivity contribution in [1.29, 1.82) is 0 Å². The predicted octanol–water partition coefficient (Wildman–Crippen LogP) is 2.30. The molecule has 1 N–H and O–H groups in total. The summed E-state index contributed by atoms with van der Waals surface area (Å²) >= 11 is 0. The van der Waals surface area contributed by atoms with Gasteiger partial charge in [0.2, 0.25) is 0 Å². The summed E-state index contributed by atoms with van der Waals surface area (Å²) in [5, 5.41) is 9.69. The SMILES string of the molecule is COP(=O)(OC)[C@H](O)c1ccc(F)cc1. The standard InChI is InChI=1S/C9H12FO4P/c1-13-15(12,14-2)9(11)7-3-5-8(10)6-4-7/h3-6,9,11H,1-2H3/t9-/m0/s1. The zero-order valence-electron chi connectivity index (χ0n) is 8.38. The van der Waals surface area contributed by atoms with Crippen molar-refractivity contribution in [2.75, 3.05) is 14.2 Å². The zero-order valence-corrected chi connectivity index (χ0v) is 9.28. The van der Waals surface area contributed by atoms with E-state index in [9.17, 15) is 14.1 Å². The van der Waals surface area contributed by atoms with Gasteiger partial charge in [0.05, 0.1) is 0 Å². The Bertz CT molecular complexity index is 357. The lowest BCUT2D eigenvalue weighted by Crippen LogP contribution is -2.02. The van der Waals surface area contributed by atoms with E-state index in [2.05, 4.69) is 9.05 Å². The maximum Gasteiger partial charge on any atom is 0.362 e. The molecular weight excluding hydrogens is 222 g/mol. The molecule has 0 unspecified atom stereocenters. The van der Waals surface area contributed by atoms with Gasteiger partial charge in [-0.3, -0.25) is 4.57 Å². The number of aliphatic hydroxyl groups is 1. The second-order valence-corrected chi connectivity index (χ2v) is 5.13. The summed E-state index contributed by atoms with van der Waals surface area (Å²) in [7, 11) is -1.22. The molecular formula is C9H12FO4P. The molecule has 0 aliphatic rings. The number of halogens is 1. The molecule has 0 radical (unpaired) electrons. The Kier molecular flexibility index (Phi) is 3.99. The highest BCUT2D eigenvalue weighted by Gasteiger charge is 2.33. The molecule has 1 aromatic carbocycles. The van der Waals surface area contributed by atoms with Gasteiger partial charge in [0.1, 0.15) is 5.82 Å². The van der Waals surface area contributed by atoms with Gasteiger partial charge in [-0.1, -0.05) is 12.1 Å². The van der Waals surface area contributed by atoms with Crippen LogP contribution in [0, 0.1) is 5.82 Å². The third kappa shape index (κ3) is 2.63. The van der Waals surface area contributed by atoms with Crippen molar-refractivity contribution in [3.05, 3.63) is 35.6 Å². The summed E-state index contributed by atoms with van der Waals surface area (Å²) in [5.74, 6) is -1.84. The van der Waals surface area contributed by atoms with Gasteiger partial charge < -0.3 is 14.2 Å². The quantitative estimate of drug-likeness (QED) is 0.812. The number of hydrogen-bond acceptors (Lipinski definition) is 4. The average Bonchev–Trinajstić information content (AvgIpc) is 2.28. The Morgan fingerprint density at radius 1 is 1.27 bits per heavy atom. The molecule has 0 aliphatic carbocycles. The Morgan fingerprint density at radius 3 is 2.13 bits per heavy atom. The van der Waals surface area contributed by atoms with Crippen molar-refractivity contribution in [3.63, 3.8) is 0 Å². The predicted molar refractivity (Wildman–Crippen MR) is 53.0 cm³/mol. The minimum Gasteiger partial charge on any atom is -0.376 e. The average molecular weight is 234 g/mol. The van der Waals surface area contributed by atoms with Gasteiger partial charge in [-0.15, -0.1) is 0 Å². The molecule has 0 bridgehead atoms. The molecule has 0 amide bonds. The minimum absolute atomic E-state index is 0.281. The van der Waals surface area contributed by atoms with E-state index in [1.807, 2.05) is 0 Å².